The van der Waals surface area contributed by atoms with Gasteiger partial charge in [-0.2, -0.15) is 0 Å². The molecule has 0 radical (unpaired) electrons. The van der Waals surface area contributed by atoms with Gasteiger partial charge in [-0.15, -0.1) is 0 Å². The molecule has 0 saturated heterocycles. The van der Waals surface area contributed by atoms with Gasteiger partial charge in [0.25, 0.3) is 0 Å². The molecular weight excluding hydrogens is 219 g/mol. The molecule has 0 saturated carbocycles. The minimum Gasteiger partial charge on any atom is -0.748 e. The molecule has 0 aromatic carbocycles. The van der Waals surface area contributed by atoms with Crippen LogP contribution >= 0.6 is 0 Å². The molecule has 0 heterocycles. The molecule has 0 aromatic heterocycles. The van der Waals surface area contributed by atoms with Crippen LogP contribution in [-0.4, -0.2) is 37.2 Å². The van der Waals surface area contributed by atoms with E-state index in [1.54, 1.807) is 0 Å². The van der Waals surface area contributed by atoms with Crippen LogP contribution in [-0.2, 0) is 14.9 Å². The Hall–Kier alpha value is 0.340. The van der Waals surface area contributed by atoms with E-state index in [-0.39, 0.29) is 29.6 Å². The van der Waals surface area contributed by atoms with Crippen molar-refractivity contribution in [2.45, 2.75) is 19.4 Å². The average molecular weight is 232 g/mol. The van der Waals surface area contributed by atoms with Gasteiger partial charge in [-0.3, -0.25) is 4.79 Å². The van der Waals surface area contributed by atoms with Crippen molar-refractivity contribution in [1.82, 2.24) is 5.32 Å². The summed E-state index contributed by atoms with van der Waals surface area (Å²) < 4.78 is 30.6. The van der Waals surface area contributed by atoms with Crippen LogP contribution in [0, 0.1) is 0 Å². The Balaban J connectivity index is 0. The number of nitrogens with one attached hydrogen (secondary N) is 1. The second kappa shape index (κ2) is 7.61. The van der Waals surface area contributed by atoms with Crippen molar-refractivity contribution in [3.8, 4) is 0 Å². The predicted molar refractivity (Wildman–Crippen MR) is 45.8 cm³/mol. The van der Waals surface area contributed by atoms with Gasteiger partial charge >= 0.3 is 29.6 Å². The van der Waals surface area contributed by atoms with Crippen LogP contribution in [0.2, 0.25) is 0 Å². The number of nitrogens with two attached hydrogens (primary N) is 1. The summed E-state index contributed by atoms with van der Waals surface area (Å²) in [6, 6.07) is -1.27. The predicted octanol–water partition coefficient (Wildman–Crippen LogP) is -4.61. The third-order valence-corrected chi connectivity index (χ3v) is 2.04. The van der Waals surface area contributed by atoms with Gasteiger partial charge in [-0.25, -0.2) is 8.42 Å². The van der Waals surface area contributed by atoms with Crippen molar-refractivity contribution in [2.24, 2.45) is 5.73 Å². The maximum Gasteiger partial charge on any atom is 1.00 e. The van der Waals surface area contributed by atoms with Crippen molar-refractivity contribution >= 4 is 16.0 Å². The standard InChI is InChI=1S/C6H14N2O4S.Na/c1-2-3-8-6(9)5(7)4-13(10,11)12;/h5H,2-4,7H2,1H3,(H,8,9)(H,10,11,12);/q;+1/p-1. The molecule has 1 amide bonds. The van der Waals surface area contributed by atoms with Gasteiger partial charge in [-0.1, -0.05) is 6.92 Å². The first-order valence-electron chi connectivity index (χ1n) is 3.83. The van der Waals surface area contributed by atoms with Crippen LogP contribution in [0.1, 0.15) is 13.3 Å². The first-order valence-corrected chi connectivity index (χ1v) is 5.41. The van der Waals surface area contributed by atoms with E-state index >= 15 is 0 Å². The number of carbonyl (C=O) groups is 1. The van der Waals surface area contributed by atoms with Gasteiger partial charge in [0.15, 0.2) is 0 Å². The molecule has 0 aromatic rings. The maximum atomic E-state index is 10.9. The maximum absolute atomic E-state index is 10.9. The normalized spacial score (nSPS) is 12.8. The van der Waals surface area contributed by atoms with E-state index in [1.165, 1.54) is 0 Å². The molecule has 0 aliphatic heterocycles. The second-order valence-electron chi connectivity index (χ2n) is 2.62. The number of carbonyl (C=O) groups excluding carboxylic acids is 1. The minimum atomic E-state index is -4.43. The fraction of sp³-hybridized carbons (Fsp3) is 0.833. The minimum absolute atomic E-state index is 0. The van der Waals surface area contributed by atoms with Crippen LogP contribution in [0.3, 0.4) is 0 Å². The number of hydrogen-bond acceptors (Lipinski definition) is 5. The second-order valence-corrected chi connectivity index (χ2v) is 4.07. The van der Waals surface area contributed by atoms with E-state index in [0.29, 0.717) is 6.54 Å². The number of rotatable bonds is 5. The molecule has 0 aliphatic rings. The van der Waals surface area contributed by atoms with Crippen molar-refractivity contribution in [3.63, 3.8) is 0 Å². The Morgan fingerprint density at radius 3 is 2.43 bits per heavy atom. The summed E-state index contributed by atoms with van der Waals surface area (Å²) in [6.07, 6.45) is 0.725. The topological polar surface area (TPSA) is 112 Å². The van der Waals surface area contributed by atoms with Gasteiger partial charge < -0.3 is 15.6 Å². The van der Waals surface area contributed by atoms with Crippen LogP contribution < -0.4 is 40.6 Å². The van der Waals surface area contributed by atoms with E-state index in [9.17, 15) is 17.8 Å². The molecule has 8 heteroatoms. The van der Waals surface area contributed by atoms with Crippen molar-refractivity contribution in [3.05, 3.63) is 0 Å². The average Bonchev–Trinajstić information content (AvgIpc) is 1.96. The summed E-state index contributed by atoms with van der Waals surface area (Å²) in [5.41, 5.74) is 5.15. The summed E-state index contributed by atoms with van der Waals surface area (Å²) in [4.78, 5) is 10.9. The monoisotopic (exact) mass is 232 g/mol. The first-order chi connectivity index (χ1) is 5.87. The summed E-state index contributed by atoms with van der Waals surface area (Å²) >= 11 is 0. The van der Waals surface area contributed by atoms with Crippen LogP contribution in [0.15, 0.2) is 0 Å². The Labute approximate surface area is 106 Å². The summed E-state index contributed by atoms with van der Waals surface area (Å²) in [7, 11) is -4.43. The third-order valence-electron chi connectivity index (χ3n) is 1.27. The smallest absolute Gasteiger partial charge is 0.748 e. The van der Waals surface area contributed by atoms with Gasteiger partial charge in [0.05, 0.1) is 21.9 Å². The van der Waals surface area contributed by atoms with Crippen LogP contribution in [0.25, 0.3) is 0 Å². The van der Waals surface area contributed by atoms with Crippen molar-refractivity contribution < 1.29 is 47.3 Å². The van der Waals surface area contributed by atoms with Gasteiger partial charge in [0.2, 0.25) is 5.91 Å². The van der Waals surface area contributed by atoms with E-state index < -0.39 is 27.8 Å². The quantitative estimate of drug-likeness (QED) is 0.366. The number of amides is 1. The van der Waals surface area contributed by atoms with E-state index in [2.05, 4.69) is 5.32 Å². The van der Waals surface area contributed by atoms with Gasteiger partial charge in [0, 0.05) is 6.54 Å². The molecule has 3 N–H and O–H groups in total. The molecule has 0 aliphatic carbocycles. The fourth-order valence-electron chi connectivity index (χ4n) is 0.675. The molecule has 1 unspecified atom stereocenters. The molecular formula is C6H13N2NaO4S. The van der Waals surface area contributed by atoms with E-state index in [0.717, 1.165) is 6.42 Å². The summed E-state index contributed by atoms with van der Waals surface area (Å²) in [5.74, 6) is -1.47. The van der Waals surface area contributed by atoms with Gasteiger partial charge in [-0.05, 0) is 6.42 Å². The Bertz CT molecular complexity index is 267. The number of hydrogen-bond donors (Lipinski definition) is 2. The molecule has 0 bridgehead atoms. The fourth-order valence-corrected chi connectivity index (χ4v) is 1.27. The Morgan fingerprint density at radius 1 is 1.57 bits per heavy atom. The molecule has 0 fully saturated rings. The molecule has 0 spiro atoms. The molecule has 14 heavy (non-hydrogen) atoms. The summed E-state index contributed by atoms with van der Waals surface area (Å²) in [6.45, 7) is 2.27. The Kier molecular flexibility index (Phi) is 9.11. The SMILES string of the molecule is CCCNC(=O)C(N)CS(=O)(=O)[O-].[Na+]. The van der Waals surface area contributed by atoms with Crippen molar-refractivity contribution in [2.75, 3.05) is 12.3 Å². The molecule has 6 nitrogen and oxygen atoms in total. The molecule has 0 rings (SSSR count). The molecule has 78 valence electrons. The largest absolute Gasteiger partial charge is 1.00 e. The first kappa shape index (κ1) is 16.8. The van der Waals surface area contributed by atoms with Gasteiger partial charge in [0.1, 0.15) is 0 Å². The zero-order valence-electron chi connectivity index (χ0n) is 8.32. The molecule has 1 atom stereocenters. The zero-order chi connectivity index (χ0) is 10.5. The van der Waals surface area contributed by atoms with E-state index in [1.807, 2.05) is 6.92 Å². The Morgan fingerprint density at radius 2 is 2.07 bits per heavy atom. The summed E-state index contributed by atoms with van der Waals surface area (Å²) in [5, 5.41) is 2.39. The van der Waals surface area contributed by atoms with Crippen molar-refractivity contribution in [1.29, 1.82) is 0 Å². The van der Waals surface area contributed by atoms with Crippen LogP contribution in [0.4, 0.5) is 0 Å². The zero-order valence-corrected chi connectivity index (χ0v) is 11.1. The van der Waals surface area contributed by atoms with E-state index in [4.69, 9.17) is 5.73 Å². The van der Waals surface area contributed by atoms with Crippen LogP contribution in [0.5, 0.6) is 0 Å². The third kappa shape index (κ3) is 8.92.